The molecule has 160 valence electrons. The van der Waals surface area contributed by atoms with Crippen LogP contribution < -0.4 is 9.64 Å². The Hall–Kier alpha value is -3.94. The number of anilines is 1. The normalized spacial score (nSPS) is 14.8. The van der Waals surface area contributed by atoms with Crippen LogP contribution in [0.3, 0.4) is 0 Å². The zero-order valence-corrected chi connectivity index (χ0v) is 17.2. The monoisotopic (exact) mass is 425 g/mol. The Kier molecular flexibility index (Phi) is 6.49. The van der Waals surface area contributed by atoms with E-state index < -0.39 is 23.5 Å². The van der Waals surface area contributed by atoms with E-state index in [4.69, 9.17) is 9.47 Å². The molecule has 2 aromatic carbocycles. The Morgan fingerprint density at radius 2 is 1.65 bits per heavy atom. The van der Waals surface area contributed by atoms with Gasteiger partial charge in [-0.3, -0.25) is 4.79 Å². The lowest BCUT2D eigenvalue weighted by Gasteiger charge is -2.21. The lowest BCUT2D eigenvalue weighted by atomic mass is 10.1. The third-order valence-electron chi connectivity index (χ3n) is 4.64. The van der Waals surface area contributed by atoms with Crippen molar-refractivity contribution in [3.05, 3.63) is 76.9 Å². The molecule has 1 aliphatic heterocycles. The fraction of sp³-hybridized carbons (Fsp3) is 0.174. The van der Waals surface area contributed by atoms with Crippen molar-refractivity contribution < 1.29 is 33.0 Å². The average molecular weight is 425 g/mol. The highest BCUT2D eigenvalue weighted by atomic mass is 19.1. The molecule has 0 saturated carbocycles. The molecule has 0 unspecified atom stereocenters. The maximum absolute atomic E-state index is 13.4. The van der Waals surface area contributed by atoms with E-state index in [2.05, 4.69) is 4.74 Å². The zero-order chi connectivity index (χ0) is 22.5. The first-order valence-electron chi connectivity index (χ1n) is 9.26. The largest absolute Gasteiger partial charge is 0.482 e. The van der Waals surface area contributed by atoms with Crippen LogP contribution >= 0.6 is 0 Å². The third kappa shape index (κ3) is 4.63. The predicted molar refractivity (Wildman–Crippen MR) is 111 cm³/mol. The second kappa shape index (κ2) is 9.25. The molecule has 0 bridgehead atoms. The maximum Gasteiger partial charge on any atom is 0.343 e. The van der Waals surface area contributed by atoms with Crippen LogP contribution in [0.2, 0.25) is 0 Å². The third-order valence-corrected chi connectivity index (χ3v) is 4.64. The van der Waals surface area contributed by atoms with E-state index >= 15 is 0 Å². The van der Waals surface area contributed by atoms with Crippen molar-refractivity contribution in [1.82, 2.24) is 0 Å². The van der Waals surface area contributed by atoms with Crippen molar-refractivity contribution in [3.63, 3.8) is 0 Å². The molecule has 0 saturated heterocycles. The van der Waals surface area contributed by atoms with Crippen LogP contribution in [0.15, 0.2) is 65.5 Å². The molecule has 0 atom stereocenters. The smallest absolute Gasteiger partial charge is 0.343 e. The van der Waals surface area contributed by atoms with Crippen LogP contribution in [0.4, 0.5) is 10.1 Å². The molecule has 0 amide bonds. The van der Waals surface area contributed by atoms with Gasteiger partial charge in [-0.25, -0.2) is 14.0 Å². The van der Waals surface area contributed by atoms with E-state index in [-0.39, 0.29) is 17.9 Å². The number of Topliss-reactive ketones (excluding diaryl/α,β-unsaturated/α-hetero) is 1. The summed E-state index contributed by atoms with van der Waals surface area (Å²) >= 11 is 0. The van der Waals surface area contributed by atoms with Crippen LogP contribution in [0.5, 0.6) is 5.75 Å². The summed E-state index contributed by atoms with van der Waals surface area (Å²) in [7, 11) is 2.47. The van der Waals surface area contributed by atoms with Crippen molar-refractivity contribution in [1.29, 1.82) is 0 Å². The van der Waals surface area contributed by atoms with E-state index in [1.165, 1.54) is 38.5 Å². The van der Waals surface area contributed by atoms with E-state index in [0.717, 1.165) is 0 Å². The number of ketones is 1. The minimum atomic E-state index is -0.746. The van der Waals surface area contributed by atoms with E-state index in [1.807, 2.05) is 0 Å². The van der Waals surface area contributed by atoms with Gasteiger partial charge in [0.1, 0.15) is 17.1 Å². The van der Waals surface area contributed by atoms with Gasteiger partial charge in [-0.2, -0.15) is 0 Å². The van der Waals surface area contributed by atoms with Gasteiger partial charge in [-0.1, -0.05) is 12.1 Å². The summed E-state index contributed by atoms with van der Waals surface area (Å²) in [5.74, 6) is -1.72. The fourth-order valence-electron chi connectivity index (χ4n) is 3.10. The van der Waals surface area contributed by atoms with Gasteiger partial charge in [-0.15, -0.1) is 0 Å². The number of carbonyl (C=O) groups is 3. The SMILES string of the molecule is COC(=O)COc1ccc(/C=C2\C(=O)C(C(=O)OC)=C(C)N2c2ccc(F)cc2)cc1. The molecular weight excluding hydrogens is 405 g/mol. The Morgan fingerprint density at radius 1 is 1.00 bits per heavy atom. The molecule has 3 rings (SSSR count). The fourth-order valence-corrected chi connectivity index (χ4v) is 3.10. The molecular formula is C23H20FNO6. The minimum absolute atomic E-state index is 0.0869. The Balaban J connectivity index is 1.96. The Bertz CT molecular complexity index is 1070. The maximum atomic E-state index is 13.4. The van der Waals surface area contributed by atoms with Crippen molar-refractivity contribution in [2.45, 2.75) is 6.92 Å². The summed E-state index contributed by atoms with van der Waals surface area (Å²) < 4.78 is 28.0. The number of esters is 2. The standard InChI is InChI=1S/C23H20FNO6/c1-14-21(23(28)30-3)22(27)19(25(14)17-8-6-16(24)7-9-17)12-15-4-10-18(11-5-15)31-13-20(26)29-2/h4-12H,13H2,1-3H3/b19-12+. The Labute approximate surface area is 178 Å². The number of allylic oxidation sites excluding steroid dienone is 2. The number of hydrogen-bond acceptors (Lipinski definition) is 7. The summed E-state index contributed by atoms with van der Waals surface area (Å²) in [5.41, 5.74) is 1.69. The number of benzene rings is 2. The van der Waals surface area contributed by atoms with Crippen molar-refractivity contribution in [3.8, 4) is 5.75 Å². The molecule has 0 spiro atoms. The highest BCUT2D eigenvalue weighted by Gasteiger charge is 2.38. The molecule has 0 aliphatic carbocycles. The lowest BCUT2D eigenvalue weighted by molar-refractivity contribution is -0.143. The van der Waals surface area contributed by atoms with Gasteiger partial charge in [0, 0.05) is 11.4 Å². The van der Waals surface area contributed by atoms with E-state index in [1.54, 1.807) is 42.2 Å². The first-order valence-corrected chi connectivity index (χ1v) is 9.26. The number of nitrogens with zero attached hydrogens (tertiary/aromatic N) is 1. The number of methoxy groups -OCH3 is 2. The molecule has 1 heterocycles. The summed E-state index contributed by atoms with van der Waals surface area (Å²) in [6.07, 6.45) is 1.61. The topological polar surface area (TPSA) is 82.1 Å². The number of ether oxygens (including phenoxy) is 3. The second-order valence-electron chi connectivity index (χ2n) is 6.56. The van der Waals surface area contributed by atoms with Crippen molar-refractivity contribution in [2.75, 3.05) is 25.7 Å². The quantitative estimate of drug-likeness (QED) is 0.399. The molecule has 0 aromatic heterocycles. The van der Waals surface area contributed by atoms with E-state index in [0.29, 0.717) is 22.7 Å². The first-order chi connectivity index (χ1) is 14.8. The number of rotatable bonds is 6. The van der Waals surface area contributed by atoms with Crippen LogP contribution in [-0.2, 0) is 23.9 Å². The summed E-state index contributed by atoms with van der Waals surface area (Å²) in [5, 5.41) is 0. The molecule has 8 heteroatoms. The minimum Gasteiger partial charge on any atom is -0.482 e. The van der Waals surface area contributed by atoms with Gasteiger partial charge in [0.05, 0.1) is 19.9 Å². The summed E-state index contributed by atoms with van der Waals surface area (Å²) in [4.78, 5) is 38.0. The van der Waals surface area contributed by atoms with Crippen molar-refractivity contribution in [2.24, 2.45) is 0 Å². The van der Waals surface area contributed by atoms with Gasteiger partial charge in [0.15, 0.2) is 6.61 Å². The summed E-state index contributed by atoms with van der Waals surface area (Å²) in [6.45, 7) is 1.40. The van der Waals surface area contributed by atoms with Crippen LogP contribution in [-0.4, -0.2) is 38.5 Å². The zero-order valence-electron chi connectivity index (χ0n) is 17.2. The number of carbonyl (C=O) groups excluding carboxylic acids is 3. The molecule has 0 radical (unpaired) electrons. The van der Waals surface area contributed by atoms with E-state index in [9.17, 15) is 18.8 Å². The molecule has 7 nitrogen and oxygen atoms in total. The van der Waals surface area contributed by atoms with Gasteiger partial charge >= 0.3 is 11.9 Å². The van der Waals surface area contributed by atoms with Gasteiger partial charge < -0.3 is 19.1 Å². The highest BCUT2D eigenvalue weighted by Crippen LogP contribution is 2.35. The predicted octanol–water partition coefficient (Wildman–Crippen LogP) is 3.25. The van der Waals surface area contributed by atoms with Crippen LogP contribution in [0, 0.1) is 5.82 Å². The molecule has 1 aliphatic rings. The van der Waals surface area contributed by atoms with Crippen molar-refractivity contribution >= 4 is 29.5 Å². The highest BCUT2D eigenvalue weighted by molar-refractivity contribution is 6.30. The lowest BCUT2D eigenvalue weighted by Crippen LogP contribution is -2.18. The van der Waals surface area contributed by atoms with Gasteiger partial charge in [0.2, 0.25) is 5.78 Å². The number of halogens is 1. The molecule has 0 N–H and O–H groups in total. The van der Waals surface area contributed by atoms with Crippen LogP contribution in [0.1, 0.15) is 12.5 Å². The van der Waals surface area contributed by atoms with Gasteiger partial charge in [-0.05, 0) is 55.0 Å². The Morgan fingerprint density at radius 3 is 2.23 bits per heavy atom. The van der Waals surface area contributed by atoms with Crippen LogP contribution in [0.25, 0.3) is 6.08 Å². The molecule has 0 fully saturated rings. The molecule has 2 aromatic rings. The average Bonchev–Trinajstić information content (AvgIpc) is 3.02. The molecule has 31 heavy (non-hydrogen) atoms. The second-order valence-corrected chi connectivity index (χ2v) is 6.56. The number of hydrogen-bond donors (Lipinski definition) is 0. The summed E-state index contributed by atoms with van der Waals surface area (Å²) in [6, 6.07) is 12.2. The van der Waals surface area contributed by atoms with Gasteiger partial charge in [0.25, 0.3) is 0 Å². The first kappa shape index (κ1) is 21.8.